The molecular weight excluding hydrogens is 248 g/mol. The maximum Gasteiger partial charge on any atom is 0.222 e. The molecule has 2 rings (SSSR count). The molecule has 0 heterocycles. The lowest BCUT2D eigenvalue weighted by atomic mass is 10.0. The van der Waals surface area contributed by atoms with Gasteiger partial charge in [0.05, 0.1) is 0 Å². The monoisotopic (exact) mass is 270 g/mol. The molecule has 20 heavy (non-hydrogen) atoms. The van der Waals surface area contributed by atoms with Crippen LogP contribution in [0.3, 0.4) is 0 Å². The van der Waals surface area contributed by atoms with Crippen molar-refractivity contribution in [2.45, 2.75) is 19.8 Å². The van der Waals surface area contributed by atoms with Gasteiger partial charge in [-0.05, 0) is 35.7 Å². The topological polar surface area (TPSA) is 55.1 Å². The predicted octanol–water partition coefficient (Wildman–Crippen LogP) is 2.48. The highest BCUT2D eigenvalue weighted by Gasteiger charge is 2.10. The first kappa shape index (κ1) is 14.5. The summed E-state index contributed by atoms with van der Waals surface area (Å²) in [7, 11) is 0. The highest BCUT2D eigenvalue weighted by molar-refractivity contribution is 5.83. The molecule has 0 fully saturated rings. The zero-order valence-corrected chi connectivity index (χ0v) is 11.9. The van der Waals surface area contributed by atoms with E-state index < -0.39 is 0 Å². The molecule has 0 aliphatic carbocycles. The zero-order valence-electron chi connectivity index (χ0n) is 11.9. The lowest BCUT2D eigenvalue weighted by Gasteiger charge is -2.11. The van der Waals surface area contributed by atoms with Gasteiger partial charge in [-0.3, -0.25) is 4.79 Å². The molecule has 0 saturated heterocycles. The summed E-state index contributed by atoms with van der Waals surface area (Å²) in [5.74, 6) is 0.0906. The highest BCUT2D eigenvalue weighted by Crippen LogP contribution is 2.15. The van der Waals surface area contributed by atoms with Crippen molar-refractivity contribution in [2.75, 3.05) is 13.1 Å². The van der Waals surface area contributed by atoms with Crippen LogP contribution in [0, 0.1) is 5.92 Å². The Bertz CT molecular complexity index is 580. The minimum absolute atomic E-state index is 0.00314. The maximum absolute atomic E-state index is 11.8. The van der Waals surface area contributed by atoms with Gasteiger partial charge in [-0.15, -0.1) is 0 Å². The fraction of sp³-hybridized carbons (Fsp3) is 0.353. The fourth-order valence-corrected chi connectivity index (χ4v) is 2.28. The van der Waals surface area contributed by atoms with Crippen molar-refractivity contribution in [3.05, 3.63) is 48.0 Å². The van der Waals surface area contributed by atoms with Crippen molar-refractivity contribution >= 4 is 16.7 Å². The van der Waals surface area contributed by atoms with Crippen molar-refractivity contribution in [1.82, 2.24) is 5.32 Å². The Morgan fingerprint density at radius 2 is 1.95 bits per heavy atom. The summed E-state index contributed by atoms with van der Waals surface area (Å²) in [6.45, 7) is 3.14. The zero-order chi connectivity index (χ0) is 14.4. The van der Waals surface area contributed by atoms with Gasteiger partial charge in [-0.2, -0.15) is 0 Å². The first-order valence-corrected chi connectivity index (χ1v) is 7.16. The van der Waals surface area contributed by atoms with Crippen molar-refractivity contribution < 1.29 is 4.79 Å². The molecule has 0 saturated carbocycles. The molecule has 2 aromatic carbocycles. The number of hydrogen-bond donors (Lipinski definition) is 2. The highest BCUT2D eigenvalue weighted by atomic mass is 16.1. The first-order chi connectivity index (χ1) is 9.70. The molecule has 3 heteroatoms. The van der Waals surface area contributed by atoms with Crippen LogP contribution >= 0.6 is 0 Å². The molecule has 1 atom stereocenters. The summed E-state index contributed by atoms with van der Waals surface area (Å²) < 4.78 is 0. The molecule has 1 amide bonds. The molecule has 2 aromatic rings. The van der Waals surface area contributed by atoms with Crippen LogP contribution in [0.5, 0.6) is 0 Å². The van der Waals surface area contributed by atoms with Gasteiger partial charge in [0, 0.05) is 12.5 Å². The second-order valence-electron chi connectivity index (χ2n) is 5.20. The largest absolute Gasteiger partial charge is 0.356 e. The number of amides is 1. The Balaban J connectivity index is 1.88. The fourth-order valence-electron chi connectivity index (χ4n) is 2.28. The van der Waals surface area contributed by atoms with Gasteiger partial charge < -0.3 is 11.1 Å². The number of carbonyl (C=O) groups excluding carboxylic acids is 1. The summed E-state index contributed by atoms with van der Waals surface area (Å²) in [5.41, 5.74) is 6.71. The van der Waals surface area contributed by atoms with E-state index in [9.17, 15) is 4.79 Å². The van der Waals surface area contributed by atoms with Crippen molar-refractivity contribution in [3.8, 4) is 0 Å². The normalized spacial score (nSPS) is 12.3. The second kappa shape index (κ2) is 7.06. The van der Waals surface area contributed by atoms with Crippen LogP contribution in [0.1, 0.15) is 18.9 Å². The molecular formula is C17H22N2O. The van der Waals surface area contributed by atoms with E-state index in [1.165, 1.54) is 16.3 Å². The Labute approximate surface area is 120 Å². The van der Waals surface area contributed by atoms with E-state index in [0.717, 1.165) is 12.8 Å². The minimum Gasteiger partial charge on any atom is -0.356 e. The van der Waals surface area contributed by atoms with E-state index in [4.69, 9.17) is 5.73 Å². The van der Waals surface area contributed by atoms with Crippen LogP contribution in [0.15, 0.2) is 42.5 Å². The van der Waals surface area contributed by atoms with E-state index >= 15 is 0 Å². The number of rotatable bonds is 6. The van der Waals surface area contributed by atoms with E-state index in [-0.39, 0.29) is 11.8 Å². The Hall–Kier alpha value is -1.87. The summed E-state index contributed by atoms with van der Waals surface area (Å²) >= 11 is 0. The van der Waals surface area contributed by atoms with Gasteiger partial charge >= 0.3 is 0 Å². The molecule has 0 radical (unpaired) electrons. The summed E-state index contributed by atoms with van der Waals surface area (Å²) in [6.07, 6.45) is 1.59. The van der Waals surface area contributed by atoms with Gasteiger partial charge in [0.25, 0.3) is 0 Å². The smallest absolute Gasteiger partial charge is 0.222 e. The summed E-state index contributed by atoms with van der Waals surface area (Å²) in [6, 6.07) is 14.7. The van der Waals surface area contributed by atoms with Crippen molar-refractivity contribution in [3.63, 3.8) is 0 Å². The number of carbonyl (C=O) groups is 1. The van der Waals surface area contributed by atoms with E-state index in [0.29, 0.717) is 13.1 Å². The molecule has 0 bridgehead atoms. The molecule has 0 spiro atoms. The molecule has 0 aliphatic heterocycles. The van der Waals surface area contributed by atoms with Crippen LogP contribution in [0.4, 0.5) is 0 Å². The third-order valence-corrected chi connectivity index (χ3v) is 3.57. The SMILES string of the molecule is CC(CCN)C(=O)NCCc1ccc2ccccc2c1. The molecule has 0 aromatic heterocycles. The number of hydrogen-bond acceptors (Lipinski definition) is 2. The molecule has 1 unspecified atom stereocenters. The predicted molar refractivity (Wildman–Crippen MR) is 83.5 cm³/mol. The van der Waals surface area contributed by atoms with Gasteiger partial charge in [0.2, 0.25) is 5.91 Å². The lowest BCUT2D eigenvalue weighted by molar-refractivity contribution is -0.124. The lowest BCUT2D eigenvalue weighted by Crippen LogP contribution is -2.31. The van der Waals surface area contributed by atoms with E-state index in [2.05, 4.69) is 35.6 Å². The molecule has 106 valence electrons. The van der Waals surface area contributed by atoms with Gasteiger partial charge in [-0.1, -0.05) is 49.4 Å². The minimum atomic E-state index is -0.00314. The second-order valence-corrected chi connectivity index (χ2v) is 5.20. The Morgan fingerprint density at radius 1 is 1.20 bits per heavy atom. The van der Waals surface area contributed by atoms with Crippen molar-refractivity contribution in [2.24, 2.45) is 11.7 Å². The summed E-state index contributed by atoms with van der Waals surface area (Å²) in [4.78, 5) is 11.8. The standard InChI is InChI=1S/C17H22N2O/c1-13(8-10-18)17(20)19-11-9-14-6-7-15-4-2-3-5-16(15)12-14/h2-7,12-13H,8-11,18H2,1H3,(H,19,20). The Morgan fingerprint density at radius 3 is 2.70 bits per heavy atom. The average molecular weight is 270 g/mol. The van der Waals surface area contributed by atoms with Crippen LogP contribution in [-0.2, 0) is 11.2 Å². The number of nitrogens with two attached hydrogens (primary N) is 1. The van der Waals surface area contributed by atoms with E-state index in [1.807, 2.05) is 19.1 Å². The van der Waals surface area contributed by atoms with Crippen LogP contribution in [0.2, 0.25) is 0 Å². The number of nitrogens with one attached hydrogen (secondary N) is 1. The molecule has 3 nitrogen and oxygen atoms in total. The first-order valence-electron chi connectivity index (χ1n) is 7.16. The van der Waals surface area contributed by atoms with Gasteiger partial charge in [0.15, 0.2) is 0 Å². The van der Waals surface area contributed by atoms with Gasteiger partial charge in [0.1, 0.15) is 0 Å². The van der Waals surface area contributed by atoms with Crippen LogP contribution in [0.25, 0.3) is 10.8 Å². The maximum atomic E-state index is 11.8. The average Bonchev–Trinajstić information content (AvgIpc) is 2.47. The molecule has 0 aliphatic rings. The van der Waals surface area contributed by atoms with Crippen LogP contribution < -0.4 is 11.1 Å². The number of benzene rings is 2. The quantitative estimate of drug-likeness (QED) is 0.847. The van der Waals surface area contributed by atoms with Crippen molar-refractivity contribution in [1.29, 1.82) is 0 Å². The number of fused-ring (bicyclic) bond motifs is 1. The summed E-state index contributed by atoms with van der Waals surface area (Å²) in [5, 5.41) is 5.46. The third kappa shape index (κ3) is 3.81. The third-order valence-electron chi connectivity index (χ3n) is 3.57. The Kier molecular flexibility index (Phi) is 5.13. The van der Waals surface area contributed by atoms with Gasteiger partial charge in [-0.25, -0.2) is 0 Å². The van der Waals surface area contributed by atoms with Crippen LogP contribution in [-0.4, -0.2) is 19.0 Å². The molecule has 3 N–H and O–H groups in total. The van der Waals surface area contributed by atoms with E-state index in [1.54, 1.807) is 0 Å².